The number of ether oxygens (including phenoxy) is 2. The highest BCUT2D eigenvalue weighted by atomic mass is 16.5. The third-order valence-corrected chi connectivity index (χ3v) is 10.6. The second-order valence-corrected chi connectivity index (χ2v) is 12.3. The van der Waals surface area contributed by atoms with Crippen LogP contribution in [0.1, 0.15) is 84.0 Å². The van der Waals surface area contributed by atoms with Crippen molar-refractivity contribution in [3.05, 3.63) is 0 Å². The van der Waals surface area contributed by atoms with Crippen LogP contribution in [0.2, 0.25) is 0 Å². The lowest BCUT2D eigenvalue weighted by molar-refractivity contribution is -0.139. The Labute approximate surface area is 172 Å². The van der Waals surface area contributed by atoms with E-state index in [1.807, 2.05) is 7.11 Å². The van der Waals surface area contributed by atoms with Crippen LogP contribution >= 0.6 is 0 Å². The van der Waals surface area contributed by atoms with E-state index in [-0.39, 0.29) is 0 Å². The first-order valence-corrected chi connectivity index (χ1v) is 12.8. The maximum atomic E-state index is 6.25. The van der Waals surface area contributed by atoms with E-state index in [4.69, 9.17) is 9.47 Å². The summed E-state index contributed by atoms with van der Waals surface area (Å²) in [6, 6.07) is 0. The molecule has 0 bridgehead atoms. The summed E-state index contributed by atoms with van der Waals surface area (Å²) < 4.78 is 11.7. The standard InChI is InChI=1S/C26H42O2/c1-15-3-25(4-15)28-26-13-23(14-26)21-9-19(10-21)17-5-16(6-17)18-7-20(8-18)22-11-24(12-22)27-2/h15-26H,3-14H2,1-2H3. The molecule has 0 spiro atoms. The van der Waals surface area contributed by atoms with Crippen LogP contribution in [-0.4, -0.2) is 25.4 Å². The molecule has 158 valence electrons. The lowest BCUT2D eigenvalue weighted by Crippen LogP contribution is -2.49. The van der Waals surface area contributed by atoms with Crippen LogP contribution in [0.3, 0.4) is 0 Å². The van der Waals surface area contributed by atoms with Gasteiger partial charge in [-0.15, -0.1) is 0 Å². The lowest BCUT2D eigenvalue weighted by Gasteiger charge is -2.57. The van der Waals surface area contributed by atoms with Crippen LogP contribution < -0.4 is 0 Å². The van der Waals surface area contributed by atoms with Gasteiger partial charge in [0.15, 0.2) is 0 Å². The van der Waals surface area contributed by atoms with Crippen LogP contribution in [0.4, 0.5) is 0 Å². The van der Waals surface area contributed by atoms with Gasteiger partial charge in [-0.05, 0) is 130 Å². The van der Waals surface area contributed by atoms with Gasteiger partial charge >= 0.3 is 0 Å². The highest BCUT2D eigenvalue weighted by Gasteiger charge is 2.51. The Morgan fingerprint density at radius 1 is 0.429 bits per heavy atom. The van der Waals surface area contributed by atoms with E-state index in [1.165, 1.54) is 38.5 Å². The average molecular weight is 387 g/mol. The van der Waals surface area contributed by atoms with E-state index in [2.05, 4.69) is 6.92 Å². The topological polar surface area (TPSA) is 18.5 Å². The molecule has 6 fully saturated rings. The predicted octanol–water partition coefficient (Wildman–Crippen LogP) is 6.08. The van der Waals surface area contributed by atoms with Gasteiger partial charge in [-0.2, -0.15) is 0 Å². The first-order valence-electron chi connectivity index (χ1n) is 12.8. The van der Waals surface area contributed by atoms with Gasteiger partial charge < -0.3 is 9.47 Å². The molecule has 0 N–H and O–H groups in total. The fourth-order valence-corrected chi connectivity index (χ4v) is 7.93. The molecule has 0 aliphatic heterocycles. The molecule has 0 unspecified atom stereocenters. The molecule has 0 aromatic carbocycles. The van der Waals surface area contributed by atoms with Gasteiger partial charge in [-0.1, -0.05) is 6.92 Å². The second kappa shape index (κ2) is 7.26. The van der Waals surface area contributed by atoms with Crippen molar-refractivity contribution in [1.29, 1.82) is 0 Å². The van der Waals surface area contributed by atoms with E-state index in [1.54, 1.807) is 38.5 Å². The van der Waals surface area contributed by atoms with Gasteiger partial charge in [0.1, 0.15) is 0 Å². The zero-order chi connectivity index (χ0) is 18.8. The molecule has 6 aliphatic rings. The van der Waals surface area contributed by atoms with Crippen molar-refractivity contribution in [1.82, 2.24) is 0 Å². The van der Waals surface area contributed by atoms with Crippen molar-refractivity contribution in [3.63, 3.8) is 0 Å². The fourth-order valence-electron chi connectivity index (χ4n) is 7.93. The Bertz CT molecular complexity index is 539. The molecule has 6 saturated carbocycles. The normalized spacial score (nSPS) is 57.6. The van der Waals surface area contributed by atoms with Gasteiger partial charge in [0.25, 0.3) is 0 Å². The summed E-state index contributed by atoms with van der Waals surface area (Å²) in [7, 11) is 1.89. The van der Waals surface area contributed by atoms with Crippen molar-refractivity contribution >= 4 is 0 Å². The van der Waals surface area contributed by atoms with Gasteiger partial charge in [0.2, 0.25) is 0 Å². The minimum atomic E-state index is 0.600. The summed E-state index contributed by atoms with van der Waals surface area (Å²) in [4.78, 5) is 0. The zero-order valence-corrected chi connectivity index (χ0v) is 18.2. The van der Waals surface area contributed by atoms with Crippen LogP contribution in [0, 0.1) is 53.3 Å². The zero-order valence-electron chi connectivity index (χ0n) is 18.2. The average Bonchev–Trinajstić information content (AvgIpc) is 2.45. The van der Waals surface area contributed by atoms with Crippen LogP contribution in [0.25, 0.3) is 0 Å². The molecular weight excluding hydrogens is 344 g/mol. The summed E-state index contributed by atoms with van der Waals surface area (Å²) in [5, 5.41) is 0. The Hall–Kier alpha value is -0.0800. The summed E-state index contributed by atoms with van der Waals surface area (Å²) in [5.41, 5.74) is 0. The smallest absolute Gasteiger partial charge is 0.0584 e. The highest BCUT2D eigenvalue weighted by molar-refractivity contribution is 5.01. The first kappa shape index (κ1) is 18.7. The monoisotopic (exact) mass is 386 g/mol. The third kappa shape index (κ3) is 3.29. The maximum Gasteiger partial charge on any atom is 0.0584 e. The summed E-state index contributed by atoms with van der Waals surface area (Å²) in [6.45, 7) is 2.36. The maximum absolute atomic E-state index is 6.25. The summed E-state index contributed by atoms with van der Waals surface area (Å²) >= 11 is 0. The molecule has 0 saturated heterocycles. The Morgan fingerprint density at radius 3 is 1.11 bits per heavy atom. The van der Waals surface area contributed by atoms with Gasteiger partial charge in [0, 0.05) is 7.11 Å². The summed E-state index contributed by atoms with van der Waals surface area (Å²) in [5.74, 6) is 9.57. The van der Waals surface area contributed by atoms with Crippen molar-refractivity contribution in [3.8, 4) is 0 Å². The van der Waals surface area contributed by atoms with Crippen molar-refractivity contribution < 1.29 is 9.47 Å². The van der Waals surface area contributed by atoms with Crippen molar-refractivity contribution in [2.75, 3.05) is 7.11 Å². The first-order chi connectivity index (χ1) is 13.6. The van der Waals surface area contributed by atoms with E-state index < -0.39 is 0 Å². The second-order valence-electron chi connectivity index (χ2n) is 12.3. The Balaban J connectivity index is 0.833. The van der Waals surface area contributed by atoms with Crippen molar-refractivity contribution in [2.45, 2.75) is 102 Å². The molecule has 0 amide bonds. The molecule has 0 heterocycles. The van der Waals surface area contributed by atoms with E-state index in [9.17, 15) is 0 Å². The van der Waals surface area contributed by atoms with E-state index in [0.717, 1.165) is 53.3 Å². The minimum Gasteiger partial charge on any atom is -0.381 e. The van der Waals surface area contributed by atoms with Gasteiger partial charge in [0.05, 0.1) is 18.3 Å². The van der Waals surface area contributed by atoms with Crippen LogP contribution in [-0.2, 0) is 9.47 Å². The van der Waals surface area contributed by atoms with E-state index in [0.29, 0.717) is 18.3 Å². The van der Waals surface area contributed by atoms with Crippen molar-refractivity contribution in [2.24, 2.45) is 53.3 Å². The molecule has 0 atom stereocenters. The predicted molar refractivity (Wildman–Crippen MR) is 112 cm³/mol. The number of methoxy groups -OCH3 is 1. The number of rotatable bonds is 7. The quantitative estimate of drug-likeness (QED) is 0.527. The number of hydrogen-bond donors (Lipinski definition) is 0. The SMILES string of the molecule is COC1CC(C2CC(C3CC(C4CC(C5CC(OC6CC(C)C6)C5)C4)C3)C2)C1. The summed E-state index contributed by atoms with van der Waals surface area (Å²) in [6.07, 6.45) is 19.5. The molecule has 2 heteroatoms. The largest absolute Gasteiger partial charge is 0.381 e. The fraction of sp³-hybridized carbons (Fsp3) is 1.00. The molecular formula is C26H42O2. The molecule has 0 radical (unpaired) electrons. The van der Waals surface area contributed by atoms with Gasteiger partial charge in [-0.3, -0.25) is 0 Å². The molecule has 6 rings (SSSR count). The van der Waals surface area contributed by atoms with Crippen LogP contribution in [0.15, 0.2) is 0 Å². The molecule has 28 heavy (non-hydrogen) atoms. The third-order valence-electron chi connectivity index (χ3n) is 10.6. The highest BCUT2D eigenvalue weighted by Crippen LogP contribution is 2.59. The van der Waals surface area contributed by atoms with E-state index >= 15 is 0 Å². The lowest BCUT2D eigenvalue weighted by atomic mass is 9.49. The molecule has 2 nitrogen and oxygen atoms in total. The minimum absolute atomic E-state index is 0.600. The molecule has 0 aromatic rings. The van der Waals surface area contributed by atoms with Crippen LogP contribution in [0.5, 0.6) is 0 Å². The van der Waals surface area contributed by atoms with Gasteiger partial charge in [-0.25, -0.2) is 0 Å². The Kier molecular flexibility index (Phi) is 4.84. The Morgan fingerprint density at radius 2 is 0.750 bits per heavy atom. The molecule has 0 aromatic heterocycles. The number of hydrogen-bond acceptors (Lipinski definition) is 2. The molecule has 6 aliphatic carbocycles.